The van der Waals surface area contributed by atoms with E-state index in [1.807, 2.05) is 56.3 Å². The monoisotopic (exact) mass is 409 g/mol. The van der Waals surface area contributed by atoms with Crippen LogP contribution in [0, 0.1) is 19.8 Å². The molecule has 2 aromatic heterocycles. The zero-order valence-electron chi connectivity index (χ0n) is 16.5. The van der Waals surface area contributed by atoms with Crippen molar-refractivity contribution in [1.29, 1.82) is 0 Å². The quantitative estimate of drug-likeness (QED) is 0.688. The van der Waals surface area contributed by atoms with Gasteiger partial charge in [0.1, 0.15) is 10.6 Å². The molecular weight excluding hydrogens is 386 g/mol. The fraction of sp³-hybridized carbons (Fsp3) is 0.318. The van der Waals surface area contributed by atoms with Crippen molar-refractivity contribution < 1.29 is 14.0 Å². The molecule has 0 bridgehead atoms. The van der Waals surface area contributed by atoms with E-state index in [0.717, 1.165) is 24.3 Å². The number of rotatable bonds is 4. The molecular formula is C22H23N3O3S. The van der Waals surface area contributed by atoms with Gasteiger partial charge in [-0.25, -0.2) is 4.98 Å². The van der Waals surface area contributed by atoms with Crippen molar-refractivity contribution >= 4 is 28.8 Å². The Balaban J connectivity index is 1.46. The molecule has 0 radical (unpaired) electrons. The fourth-order valence-electron chi connectivity index (χ4n) is 3.53. The molecule has 1 saturated heterocycles. The fourth-order valence-corrected chi connectivity index (χ4v) is 4.53. The van der Waals surface area contributed by atoms with Crippen molar-refractivity contribution in [3.63, 3.8) is 0 Å². The second kappa shape index (κ2) is 8.21. The summed E-state index contributed by atoms with van der Waals surface area (Å²) in [6.07, 6.45) is 1.59. The van der Waals surface area contributed by atoms with Gasteiger partial charge in [-0.05, 0) is 51.0 Å². The molecule has 3 heterocycles. The normalized spacial score (nSPS) is 16.6. The van der Waals surface area contributed by atoms with Gasteiger partial charge in [-0.1, -0.05) is 18.2 Å². The van der Waals surface area contributed by atoms with E-state index in [4.69, 9.17) is 4.42 Å². The summed E-state index contributed by atoms with van der Waals surface area (Å²) in [6.45, 7) is 4.79. The summed E-state index contributed by atoms with van der Waals surface area (Å²) in [5.74, 6) is 1.17. The topological polar surface area (TPSA) is 75.4 Å². The smallest absolute Gasteiger partial charge is 0.265 e. The Morgan fingerprint density at radius 1 is 1.17 bits per heavy atom. The predicted molar refractivity (Wildman–Crippen MR) is 113 cm³/mol. The average Bonchev–Trinajstić information content (AvgIpc) is 3.34. The SMILES string of the molecule is Cc1ccc(-c2nc(C)c(C(=O)N3CCC[C@@H](C(=O)Nc4ccccc4)C3)s2)o1. The van der Waals surface area contributed by atoms with Gasteiger partial charge >= 0.3 is 0 Å². The Hall–Kier alpha value is -2.93. The molecule has 7 heteroatoms. The van der Waals surface area contributed by atoms with E-state index in [1.54, 1.807) is 4.90 Å². The summed E-state index contributed by atoms with van der Waals surface area (Å²) in [5, 5.41) is 3.65. The van der Waals surface area contributed by atoms with Gasteiger partial charge in [0.05, 0.1) is 11.6 Å². The number of hydrogen-bond acceptors (Lipinski definition) is 5. The van der Waals surface area contributed by atoms with Gasteiger partial charge in [-0.3, -0.25) is 9.59 Å². The van der Waals surface area contributed by atoms with E-state index in [9.17, 15) is 9.59 Å². The molecule has 1 aromatic carbocycles. The van der Waals surface area contributed by atoms with Crippen molar-refractivity contribution in [3.8, 4) is 10.8 Å². The lowest BCUT2D eigenvalue weighted by atomic mass is 9.96. The highest BCUT2D eigenvalue weighted by Gasteiger charge is 2.31. The van der Waals surface area contributed by atoms with Crippen LogP contribution in [0.1, 0.15) is 34.0 Å². The first-order chi connectivity index (χ1) is 14.0. The van der Waals surface area contributed by atoms with Gasteiger partial charge in [-0.2, -0.15) is 0 Å². The summed E-state index contributed by atoms with van der Waals surface area (Å²) in [6, 6.07) is 13.2. The number of para-hydroxylation sites is 1. The van der Waals surface area contributed by atoms with Crippen molar-refractivity contribution in [1.82, 2.24) is 9.88 Å². The van der Waals surface area contributed by atoms with Crippen LogP contribution in [0.4, 0.5) is 5.69 Å². The molecule has 0 unspecified atom stereocenters. The molecule has 1 N–H and O–H groups in total. The number of benzene rings is 1. The molecule has 29 heavy (non-hydrogen) atoms. The number of carbonyl (C=O) groups excluding carboxylic acids is 2. The van der Waals surface area contributed by atoms with Gasteiger partial charge in [0.2, 0.25) is 5.91 Å². The molecule has 4 rings (SSSR count). The number of aromatic nitrogens is 1. The number of nitrogens with one attached hydrogen (secondary N) is 1. The van der Waals surface area contributed by atoms with Crippen LogP contribution in [0.5, 0.6) is 0 Å². The lowest BCUT2D eigenvalue weighted by Crippen LogP contribution is -2.43. The van der Waals surface area contributed by atoms with Crippen LogP contribution in [0.2, 0.25) is 0 Å². The third-order valence-corrected chi connectivity index (χ3v) is 6.22. The van der Waals surface area contributed by atoms with Gasteiger partial charge in [0.15, 0.2) is 10.8 Å². The van der Waals surface area contributed by atoms with Crippen LogP contribution in [0.25, 0.3) is 10.8 Å². The lowest BCUT2D eigenvalue weighted by molar-refractivity contribution is -0.121. The number of aryl methyl sites for hydroxylation is 2. The van der Waals surface area contributed by atoms with E-state index < -0.39 is 0 Å². The zero-order valence-corrected chi connectivity index (χ0v) is 17.3. The number of carbonyl (C=O) groups is 2. The number of hydrogen-bond donors (Lipinski definition) is 1. The van der Waals surface area contributed by atoms with E-state index in [-0.39, 0.29) is 17.7 Å². The highest BCUT2D eigenvalue weighted by atomic mass is 32.1. The summed E-state index contributed by atoms with van der Waals surface area (Å²) >= 11 is 1.34. The summed E-state index contributed by atoms with van der Waals surface area (Å²) in [5.41, 5.74) is 1.47. The molecule has 3 aromatic rings. The number of thiazole rings is 1. The molecule has 6 nitrogen and oxygen atoms in total. The minimum atomic E-state index is -0.215. The molecule has 1 aliphatic heterocycles. The first kappa shape index (κ1) is 19.4. The first-order valence-corrected chi connectivity index (χ1v) is 10.5. The number of anilines is 1. The molecule has 150 valence electrons. The summed E-state index contributed by atoms with van der Waals surface area (Å²) in [4.78, 5) is 32.7. The second-order valence-corrected chi connectivity index (χ2v) is 8.29. The van der Waals surface area contributed by atoms with Crippen LogP contribution in [-0.2, 0) is 4.79 Å². The van der Waals surface area contributed by atoms with Crippen LogP contribution in [-0.4, -0.2) is 34.8 Å². The van der Waals surface area contributed by atoms with Crippen LogP contribution >= 0.6 is 11.3 Å². The number of nitrogens with zero attached hydrogens (tertiary/aromatic N) is 2. The first-order valence-electron chi connectivity index (χ1n) is 9.70. The maximum absolute atomic E-state index is 13.1. The molecule has 1 fully saturated rings. The van der Waals surface area contributed by atoms with Gasteiger partial charge in [-0.15, -0.1) is 11.3 Å². The summed E-state index contributed by atoms with van der Waals surface area (Å²) in [7, 11) is 0. The third kappa shape index (κ3) is 4.24. The minimum Gasteiger partial charge on any atom is -0.459 e. The Morgan fingerprint density at radius 2 is 1.97 bits per heavy atom. The van der Waals surface area contributed by atoms with E-state index >= 15 is 0 Å². The Morgan fingerprint density at radius 3 is 2.69 bits per heavy atom. The highest BCUT2D eigenvalue weighted by Crippen LogP contribution is 2.31. The maximum Gasteiger partial charge on any atom is 0.265 e. The number of amides is 2. The molecule has 0 aliphatic carbocycles. The number of furan rings is 1. The molecule has 0 saturated carbocycles. The highest BCUT2D eigenvalue weighted by molar-refractivity contribution is 7.17. The van der Waals surface area contributed by atoms with Crippen molar-refractivity contribution in [2.45, 2.75) is 26.7 Å². The predicted octanol–water partition coefficient (Wildman–Crippen LogP) is 4.51. The van der Waals surface area contributed by atoms with Gasteiger partial charge < -0.3 is 14.6 Å². The van der Waals surface area contributed by atoms with Crippen molar-refractivity contribution in [2.75, 3.05) is 18.4 Å². The molecule has 1 atom stereocenters. The Labute approximate surface area is 173 Å². The van der Waals surface area contributed by atoms with Crippen LogP contribution < -0.4 is 5.32 Å². The zero-order chi connectivity index (χ0) is 20.4. The van der Waals surface area contributed by atoms with Gasteiger partial charge in [0.25, 0.3) is 5.91 Å². The maximum atomic E-state index is 13.1. The van der Waals surface area contributed by atoms with E-state index in [1.165, 1.54) is 11.3 Å². The Kier molecular flexibility index (Phi) is 5.49. The van der Waals surface area contributed by atoms with E-state index in [2.05, 4.69) is 10.3 Å². The lowest BCUT2D eigenvalue weighted by Gasteiger charge is -2.31. The molecule has 2 amide bonds. The average molecular weight is 410 g/mol. The number of piperidine rings is 1. The largest absolute Gasteiger partial charge is 0.459 e. The van der Waals surface area contributed by atoms with E-state index in [0.29, 0.717) is 34.4 Å². The molecule has 0 spiro atoms. The molecule has 1 aliphatic rings. The summed E-state index contributed by atoms with van der Waals surface area (Å²) < 4.78 is 5.64. The number of likely N-dealkylation sites (tertiary alicyclic amines) is 1. The third-order valence-electron chi connectivity index (χ3n) is 5.06. The van der Waals surface area contributed by atoms with Crippen molar-refractivity contribution in [2.24, 2.45) is 5.92 Å². The van der Waals surface area contributed by atoms with Crippen LogP contribution in [0.3, 0.4) is 0 Å². The second-order valence-electron chi connectivity index (χ2n) is 7.29. The Bertz CT molecular complexity index is 1030. The van der Waals surface area contributed by atoms with Gasteiger partial charge in [0, 0.05) is 18.8 Å². The standard InChI is InChI=1S/C22H23N3O3S/c1-14-10-11-18(28-14)21-23-15(2)19(29-21)22(27)25-12-6-7-16(13-25)20(26)24-17-8-4-3-5-9-17/h3-5,8-11,16H,6-7,12-13H2,1-2H3,(H,24,26)/t16-/m1/s1. The van der Waals surface area contributed by atoms with Crippen LogP contribution in [0.15, 0.2) is 46.9 Å². The van der Waals surface area contributed by atoms with Crippen molar-refractivity contribution in [3.05, 3.63) is 58.8 Å². The minimum absolute atomic E-state index is 0.0403.